The van der Waals surface area contributed by atoms with E-state index in [9.17, 15) is 18.8 Å². The molecule has 1 atom stereocenters. The van der Waals surface area contributed by atoms with Crippen LogP contribution < -0.4 is 16.0 Å². The normalized spacial score (nSPS) is 13.7. The van der Waals surface area contributed by atoms with Crippen LogP contribution in [0.3, 0.4) is 0 Å². The van der Waals surface area contributed by atoms with Crippen LogP contribution in [0.5, 0.6) is 0 Å². The number of nitrogens with one attached hydrogen (secondary N) is 3. The number of para-hydroxylation sites is 1. The van der Waals surface area contributed by atoms with Crippen molar-refractivity contribution in [3.8, 4) is 0 Å². The van der Waals surface area contributed by atoms with Crippen molar-refractivity contribution in [2.75, 3.05) is 23.7 Å². The van der Waals surface area contributed by atoms with E-state index < -0.39 is 11.8 Å². The Morgan fingerprint density at radius 2 is 1.77 bits per heavy atom. The summed E-state index contributed by atoms with van der Waals surface area (Å²) in [5.74, 6) is -0.903. The van der Waals surface area contributed by atoms with Crippen molar-refractivity contribution in [1.29, 1.82) is 0 Å². The van der Waals surface area contributed by atoms with E-state index in [1.165, 1.54) is 12.1 Å². The monoisotopic (exact) mass is 426 g/mol. The second-order valence-corrected chi connectivity index (χ2v) is 7.59. The van der Waals surface area contributed by atoms with Crippen LogP contribution in [-0.2, 0) is 22.6 Å². The van der Waals surface area contributed by atoms with Gasteiger partial charge in [0.1, 0.15) is 5.82 Å². The number of carbonyl (C=O) groups excluding carboxylic acids is 3. The predicted octanol–water partition coefficient (Wildman–Crippen LogP) is 3.52. The minimum absolute atomic E-state index is 0.0263. The average molecular weight is 426 g/mol. The van der Waals surface area contributed by atoms with Crippen LogP contribution in [-0.4, -0.2) is 35.8 Å². The minimum Gasteiger partial charge on any atom is -0.347 e. The molecule has 0 saturated carbocycles. The molecule has 0 bridgehead atoms. The van der Waals surface area contributed by atoms with Gasteiger partial charge in [0.15, 0.2) is 0 Å². The summed E-state index contributed by atoms with van der Waals surface area (Å²) < 4.78 is 13.8. The molecule has 1 aliphatic heterocycles. The Balaban J connectivity index is 1.61. The molecular formula is C23H27FN4O3. The van der Waals surface area contributed by atoms with E-state index in [2.05, 4.69) is 16.0 Å². The zero-order valence-corrected chi connectivity index (χ0v) is 17.7. The van der Waals surface area contributed by atoms with E-state index in [-0.39, 0.29) is 30.0 Å². The molecule has 7 nitrogen and oxygen atoms in total. The number of hydrogen-bond donors (Lipinski definition) is 3. The number of rotatable bonds is 6. The average Bonchev–Trinajstić information content (AvgIpc) is 2.78. The van der Waals surface area contributed by atoms with Crippen molar-refractivity contribution in [2.24, 2.45) is 5.92 Å². The fourth-order valence-corrected chi connectivity index (χ4v) is 3.41. The lowest BCUT2D eigenvalue weighted by Crippen LogP contribution is -2.43. The Morgan fingerprint density at radius 3 is 2.52 bits per heavy atom. The maximum atomic E-state index is 13.8. The summed E-state index contributed by atoms with van der Waals surface area (Å²) in [6.07, 6.45) is 1.29. The second-order valence-electron chi connectivity index (χ2n) is 7.59. The first kappa shape index (κ1) is 22.3. The standard InChI is InChI=1S/C23H27FN4O3/c1-3-15(2)22(30)25-13-21(29)28-12-11-17-16(14-28)7-6-10-19(17)26-23(31)27-20-9-5-4-8-18(20)24/h4-10,15H,3,11-14H2,1-2H3,(H,25,30)(H2,26,27,31). The quantitative estimate of drug-likeness (QED) is 0.660. The van der Waals surface area contributed by atoms with Gasteiger partial charge in [0.05, 0.1) is 12.2 Å². The van der Waals surface area contributed by atoms with Gasteiger partial charge in [-0.25, -0.2) is 9.18 Å². The van der Waals surface area contributed by atoms with E-state index in [0.717, 1.165) is 17.5 Å². The number of anilines is 2. The fraction of sp³-hybridized carbons (Fsp3) is 0.348. The van der Waals surface area contributed by atoms with Gasteiger partial charge >= 0.3 is 6.03 Å². The molecule has 0 radical (unpaired) electrons. The molecule has 3 rings (SSSR count). The van der Waals surface area contributed by atoms with E-state index in [4.69, 9.17) is 0 Å². The van der Waals surface area contributed by atoms with Crippen molar-refractivity contribution in [3.05, 3.63) is 59.4 Å². The van der Waals surface area contributed by atoms with Crippen LogP contribution in [0.4, 0.5) is 20.6 Å². The number of halogens is 1. The Hall–Kier alpha value is -3.42. The lowest BCUT2D eigenvalue weighted by molar-refractivity contribution is -0.134. The van der Waals surface area contributed by atoms with Crippen LogP contribution >= 0.6 is 0 Å². The SMILES string of the molecule is CCC(C)C(=O)NCC(=O)N1CCc2c(cccc2NC(=O)Nc2ccccc2F)C1. The van der Waals surface area contributed by atoms with Gasteiger partial charge < -0.3 is 20.9 Å². The zero-order chi connectivity index (χ0) is 22.4. The lowest BCUT2D eigenvalue weighted by Gasteiger charge is -2.30. The molecule has 0 fully saturated rings. The zero-order valence-electron chi connectivity index (χ0n) is 17.7. The molecule has 1 aliphatic rings. The maximum absolute atomic E-state index is 13.8. The smallest absolute Gasteiger partial charge is 0.323 e. The molecular weight excluding hydrogens is 399 g/mol. The minimum atomic E-state index is -0.537. The molecule has 3 N–H and O–H groups in total. The van der Waals surface area contributed by atoms with E-state index in [1.54, 1.807) is 29.2 Å². The Labute approximate surface area is 181 Å². The molecule has 8 heteroatoms. The summed E-state index contributed by atoms with van der Waals surface area (Å²) in [4.78, 5) is 38.4. The summed E-state index contributed by atoms with van der Waals surface area (Å²) in [7, 11) is 0. The van der Waals surface area contributed by atoms with Gasteiger partial charge in [0.25, 0.3) is 0 Å². The van der Waals surface area contributed by atoms with Crippen LogP contribution in [0.2, 0.25) is 0 Å². The lowest BCUT2D eigenvalue weighted by atomic mass is 9.97. The van der Waals surface area contributed by atoms with Crippen LogP contribution in [0, 0.1) is 11.7 Å². The van der Waals surface area contributed by atoms with Gasteiger partial charge in [-0.2, -0.15) is 0 Å². The Kier molecular flexibility index (Phi) is 7.23. The van der Waals surface area contributed by atoms with Crippen LogP contribution in [0.15, 0.2) is 42.5 Å². The van der Waals surface area contributed by atoms with Crippen molar-refractivity contribution < 1.29 is 18.8 Å². The number of nitrogens with zero attached hydrogens (tertiary/aromatic N) is 1. The topological polar surface area (TPSA) is 90.5 Å². The number of hydrogen-bond acceptors (Lipinski definition) is 3. The molecule has 2 aromatic carbocycles. The Bertz CT molecular complexity index is 979. The molecule has 0 aliphatic carbocycles. The summed E-state index contributed by atoms with van der Waals surface area (Å²) in [5.41, 5.74) is 2.60. The molecule has 1 unspecified atom stereocenters. The molecule has 31 heavy (non-hydrogen) atoms. The van der Waals surface area contributed by atoms with E-state index >= 15 is 0 Å². The molecule has 164 valence electrons. The summed E-state index contributed by atoms with van der Waals surface area (Å²) in [6, 6.07) is 10.9. The van der Waals surface area contributed by atoms with Crippen molar-refractivity contribution in [1.82, 2.24) is 10.2 Å². The molecule has 4 amide bonds. The first-order valence-corrected chi connectivity index (χ1v) is 10.4. The fourth-order valence-electron chi connectivity index (χ4n) is 3.41. The van der Waals surface area contributed by atoms with E-state index in [1.807, 2.05) is 19.9 Å². The molecule has 2 aromatic rings. The molecule has 0 saturated heterocycles. The highest BCUT2D eigenvalue weighted by Crippen LogP contribution is 2.26. The van der Waals surface area contributed by atoms with Gasteiger partial charge in [0, 0.05) is 24.7 Å². The highest BCUT2D eigenvalue weighted by atomic mass is 19.1. The Morgan fingerprint density at radius 1 is 1.06 bits per heavy atom. The highest BCUT2D eigenvalue weighted by molar-refractivity contribution is 6.00. The number of amides is 4. The van der Waals surface area contributed by atoms with Crippen LogP contribution in [0.25, 0.3) is 0 Å². The number of carbonyl (C=O) groups is 3. The predicted molar refractivity (Wildman–Crippen MR) is 117 cm³/mol. The molecule has 0 spiro atoms. The molecule has 1 heterocycles. The highest BCUT2D eigenvalue weighted by Gasteiger charge is 2.23. The summed E-state index contributed by atoms with van der Waals surface area (Å²) in [5, 5.41) is 7.97. The van der Waals surface area contributed by atoms with Crippen LogP contribution in [0.1, 0.15) is 31.4 Å². The number of urea groups is 1. The second kappa shape index (κ2) is 10.1. The van der Waals surface area contributed by atoms with Gasteiger partial charge in [-0.3, -0.25) is 9.59 Å². The summed E-state index contributed by atoms with van der Waals surface area (Å²) >= 11 is 0. The first-order chi connectivity index (χ1) is 14.9. The van der Waals surface area contributed by atoms with Crippen molar-refractivity contribution >= 4 is 29.2 Å². The largest absolute Gasteiger partial charge is 0.347 e. The number of fused-ring (bicyclic) bond motifs is 1. The molecule has 0 aromatic heterocycles. The van der Waals surface area contributed by atoms with Crippen molar-refractivity contribution in [3.63, 3.8) is 0 Å². The first-order valence-electron chi connectivity index (χ1n) is 10.4. The van der Waals surface area contributed by atoms with E-state index in [0.29, 0.717) is 25.2 Å². The third kappa shape index (κ3) is 5.59. The number of benzene rings is 2. The maximum Gasteiger partial charge on any atom is 0.323 e. The summed E-state index contributed by atoms with van der Waals surface area (Å²) in [6.45, 7) is 4.61. The third-order valence-corrected chi connectivity index (χ3v) is 5.46. The van der Waals surface area contributed by atoms with Gasteiger partial charge in [0.2, 0.25) is 11.8 Å². The van der Waals surface area contributed by atoms with Crippen molar-refractivity contribution in [2.45, 2.75) is 33.2 Å². The van der Waals surface area contributed by atoms with Gasteiger partial charge in [-0.1, -0.05) is 38.1 Å². The third-order valence-electron chi connectivity index (χ3n) is 5.46. The van der Waals surface area contributed by atoms with Gasteiger partial charge in [-0.05, 0) is 42.2 Å². The van der Waals surface area contributed by atoms with Gasteiger partial charge in [-0.15, -0.1) is 0 Å².